The molecule has 0 spiro atoms. The standard InChI is InChI=1S/C14H20ClNO3/c1-4-16(10-14(2,3)18)13(17)9-19-12-7-5-11(15)6-8-12/h5-8,18H,4,9-10H2,1-3H3. The van der Waals surface area contributed by atoms with Gasteiger partial charge in [0.2, 0.25) is 0 Å². The van der Waals surface area contributed by atoms with Gasteiger partial charge < -0.3 is 14.7 Å². The molecule has 0 saturated heterocycles. The lowest BCUT2D eigenvalue weighted by Crippen LogP contribution is -2.44. The molecule has 0 fully saturated rings. The summed E-state index contributed by atoms with van der Waals surface area (Å²) in [6.07, 6.45) is 0. The zero-order chi connectivity index (χ0) is 14.5. The van der Waals surface area contributed by atoms with Gasteiger partial charge in [0.15, 0.2) is 6.61 Å². The molecular formula is C14H20ClNO3. The fourth-order valence-electron chi connectivity index (χ4n) is 1.61. The van der Waals surface area contributed by atoms with Gasteiger partial charge in [0.1, 0.15) is 5.75 Å². The van der Waals surface area contributed by atoms with E-state index in [1.54, 1.807) is 43.0 Å². The van der Waals surface area contributed by atoms with Crippen LogP contribution in [0.25, 0.3) is 0 Å². The van der Waals surface area contributed by atoms with E-state index in [-0.39, 0.29) is 19.1 Å². The molecule has 0 aliphatic carbocycles. The summed E-state index contributed by atoms with van der Waals surface area (Å²) >= 11 is 5.76. The number of hydrogen-bond acceptors (Lipinski definition) is 3. The number of halogens is 1. The van der Waals surface area contributed by atoms with Gasteiger partial charge in [-0.1, -0.05) is 11.6 Å². The topological polar surface area (TPSA) is 49.8 Å². The van der Waals surface area contributed by atoms with Crippen molar-refractivity contribution in [2.75, 3.05) is 19.7 Å². The van der Waals surface area contributed by atoms with Crippen LogP contribution in [0.5, 0.6) is 5.75 Å². The highest BCUT2D eigenvalue weighted by Crippen LogP contribution is 2.15. The largest absolute Gasteiger partial charge is 0.484 e. The molecule has 0 aromatic heterocycles. The fraction of sp³-hybridized carbons (Fsp3) is 0.500. The van der Waals surface area contributed by atoms with Crippen molar-refractivity contribution < 1.29 is 14.6 Å². The second-order valence-electron chi connectivity index (χ2n) is 4.96. The van der Waals surface area contributed by atoms with Crippen LogP contribution in [0.15, 0.2) is 24.3 Å². The van der Waals surface area contributed by atoms with Crippen molar-refractivity contribution in [3.05, 3.63) is 29.3 Å². The molecule has 0 bridgehead atoms. The lowest BCUT2D eigenvalue weighted by molar-refractivity contribution is -0.136. The van der Waals surface area contributed by atoms with E-state index >= 15 is 0 Å². The van der Waals surface area contributed by atoms with Gasteiger partial charge in [-0.05, 0) is 45.0 Å². The van der Waals surface area contributed by atoms with Gasteiger partial charge in [-0.25, -0.2) is 0 Å². The normalized spacial score (nSPS) is 11.2. The van der Waals surface area contributed by atoms with E-state index in [0.717, 1.165) is 0 Å². The summed E-state index contributed by atoms with van der Waals surface area (Å²) in [6, 6.07) is 6.83. The molecule has 0 heterocycles. The Labute approximate surface area is 118 Å². The van der Waals surface area contributed by atoms with E-state index in [1.807, 2.05) is 6.92 Å². The van der Waals surface area contributed by atoms with Crippen molar-refractivity contribution in [1.82, 2.24) is 4.90 Å². The third-order valence-corrected chi connectivity index (χ3v) is 2.74. The zero-order valence-corrected chi connectivity index (χ0v) is 12.3. The summed E-state index contributed by atoms with van der Waals surface area (Å²) < 4.78 is 5.39. The molecule has 4 nitrogen and oxygen atoms in total. The van der Waals surface area contributed by atoms with Crippen LogP contribution in [0.2, 0.25) is 5.02 Å². The molecule has 106 valence electrons. The monoisotopic (exact) mass is 285 g/mol. The molecule has 0 saturated carbocycles. The van der Waals surface area contributed by atoms with Gasteiger partial charge in [0.25, 0.3) is 5.91 Å². The van der Waals surface area contributed by atoms with Crippen molar-refractivity contribution in [2.24, 2.45) is 0 Å². The van der Waals surface area contributed by atoms with Crippen LogP contribution in [0.1, 0.15) is 20.8 Å². The minimum absolute atomic E-state index is 0.0500. The van der Waals surface area contributed by atoms with E-state index < -0.39 is 5.60 Å². The maximum atomic E-state index is 12.0. The number of ether oxygens (including phenoxy) is 1. The van der Waals surface area contributed by atoms with E-state index in [0.29, 0.717) is 17.3 Å². The average Bonchev–Trinajstić information content (AvgIpc) is 2.34. The second kappa shape index (κ2) is 6.78. The molecule has 0 aliphatic rings. The molecule has 0 unspecified atom stereocenters. The summed E-state index contributed by atoms with van der Waals surface area (Å²) in [5.74, 6) is 0.441. The maximum absolute atomic E-state index is 12.0. The minimum Gasteiger partial charge on any atom is -0.484 e. The van der Waals surface area contributed by atoms with Crippen LogP contribution in [0.3, 0.4) is 0 Å². The van der Waals surface area contributed by atoms with Gasteiger partial charge in [-0.2, -0.15) is 0 Å². The molecule has 1 amide bonds. The predicted octanol–water partition coefficient (Wildman–Crippen LogP) is 2.34. The first kappa shape index (κ1) is 15.8. The molecule has 1 aromatic carbocycles. The Kier molecular flexibility index (Phi) is 5.63. The highest BCUT2D eigenvalue weighted by molar-refractivity contribution is 6.30. The van der Waals surface area contributed by atoms with E-state index in [2.05, 4.69) is 0 Å². The van der Waals surface area contributed by atoms with Crippen molar-refractivity contribution in [3.63, 3.8) is 0 Å². The first-order chi connectivity index (χ1) is 8.81. The first-order valence-electron chi connectivity index (χ1n) is 6.20. The fourth-order valence-corrected chi connectivity index (χ4v) is 1.74. The lowest BCUT2D eigenvalue weighted by atomic mass is 10.1. The third kappa shape index (κ3) is 5.94. The van der Waals surface area contributed by atoms with Gasteiger partial charge in [0, 0.05) is 18.1 Å². The van der Waals surface area contributed by atoms with Crippen LogP contribution in [-0.2, 0) is 4.79 Å². The SMILES string of the molecule is CCN(CC(C)(C)O)C(=O)COc1ccc(Cl)cc1. The van der Waals surface area contributed by atoms with Crippen molar-refractivity contribution in [3.8, 4) is 5.75 Å². The lowest BCUT2D eigenvalue weighted by Gasteiger charge is -2.28. The minimum atomic E-state index is -0.911. The number of benzene rings is 1. The van der Waals surface area contributed by atoms with Gasteiger partial charge in [-0.3, -0.25) is 4.79 Å². The Morgan fingerprint density at radius 2 is 1.95 bits per heavy atom. The molecule has 1 aromatic rings. The summed E-state index contributed by atoms with van der Waals surface area (Å²) in [7, 11) is 0. The maximum Gasteiger partial charge on any atom is 0.260 e. The highest BCUT2D eigenvalue weighted by Gasteiger charge is 2.21. The molecular weight excluding hydrogens is 266 g/mol. The Morgan fingerprint density at radius 1 is 1.37 bits per heavy atom. The molecule has 0 radical (unpaired) electrons. The van der Waals surface area contributed by atoms with Crippen molar-refractivity contribution >= 4 is 17.5 Å². The number of carbonyl (C=O) groups is 1. The smallest absolute Gasteiger partial charge is 0.260 e. The van der Waals surface area contributed by atoms with Crippen LogP contribution >= 0.6 is 11.6 Å². The molecule has 5 heteroatoms. The Balaban J connectivity index is 2.51. The van der Waals surface area contributed by atoms with Crippen molar-refractivity contribution in [2.45, 2.75) is 26.4 Å². The number of rotatable bonds is 6. The third-order valence-electron chi connectivity index (χ3n) is 2.49. The number of amides is 1. The van der Waals surface area contributed by atoms with Crippen LogP contribution in [0, 0.1) is 0 Å². The summed E-state index contributed by atoms with van der Waals surface area (Å²) in [5.41, 5.74) is -0.911. The van der Waals surface area contributed by atoms with Gasteiger partial charge >= 0.3 is 0 Å². The molecule has 1 rings (SSSR count). The molecule has 0 atom stereocenters. The predicted molar refractivity (Wildman–Crippen MR) is 75.5 cm³/mol. The Morgan fingerprint density at radius 3 is 2.42 bits per heavy atom. The molecule has 19 heavy (non-hydrogen) atoms. The Hall–Kier alpha value is -1.26. The second-order valence-corrected chi connectivity index (χ2v) is 5.40. The molecule has 0 aliphatic heterocycles. The van der Waals surface area contributed by atoms with Crippen LogP contribution < -0.4 is 4.74 Å². The summed E-state index contributed by atoms with van der Waals surface area (Å²) in [5, 5.41) is 10.4. The van der Waals surface area contributed by atoms with E-state index in [9.17, 15) is 9.90 Å². The van der Waals surface area contributed by atoms with Crippen LogP contribution in [0.4, 0.5) is 0 Å². The Bertz CT molecular complexity index is 412. The molecule has 1 N–H and O–H groups in total. The number of carbonyl (C=O) groups excluding carboxylic acids is 1. The van der Waals surface area contributed by atoms with Gasteiger partial charge in [0.05, 0.1) is 5.60 Å². The number of nitrogens with zero attached hydrogens (tertiary/aromatic N) is 1. The quantitative estimate of drug-likeness (QED) is 0.873. The van der Waals surface area contributed by atoms with Crippen LogP contribution in [-0.4, -0.2) is 41.2 Å². The van der Waals surface area contributed by atoms with E-state index in [4.69, 9.17) is 16.3 Å². The zero-order valence-electron chi connectivity index (χ0n) is 11.5. The summed E-state index contributed by atoms with van der Waals surface area (Å²) in [6.45, 7) is 5.97. The van der Waals surface area contributed by atoms with E-state index in [1.165, 1.54) is 0 Å². The number of hydrogen-bond donors (Lipinski definition) is 1. The first-order valence-corrected chi connectivity index (χ1v) is 6.58. The van der Waals surface area contributed by atoms with Crippen molar-refractivity contribution in [1.29, 1.82) is 0 Å². The average molecular weight is 286 g/mol. The van der Waals surface area contributed by atoms with Gasteiger partial charge in [-0.15, -0.1) is 0 Å². The summed E-state index contributed by atoms with van der Waals surface area (Å²) in [4.78, 5) is 13.5. The number of likely N-dealkylation sites (N-methyl/N-ethyl adjacent to an activating group) is 1. The highest BCUT2D eigenvalue weighted by atomic mass is 35.5. The number of aliphatic hydroxyl groups is 1.